The summed E-state index contributed by atoms with van der Waals surface area (Å²) in [5, 5.41) is 7.76. The van der Waals surface area contributed by atoms with Crippen molar-refractivity contribution in [3.63, 3.8) is 0 Å². The summed E-state index contributed by atoms with van der Waals surface area (Å²) in [5.74, 6) is 0. The number of nitrogens with zero attached hydrogens (tertiary/aromatic N) is 2. The fourth-order valence-electron chi connectivity index (χ4n) is 7.42. The molecule has 0 aliphatic carbocycles. The first-order valence-electron chi connectivity index (χ1n) is 15.4. The van der Waals surface area contributed by atoms with E-state index < -0.39 is 0 Å². The molecule has 0 unspecified atom stereocenters. The molecular weight excluding hydrogens is 565 g/mol. The van der Waals surface area contributed by atoms with Crippen LogP contribution in [-0.4, -0.2) is 9.13 Å². The summed E-state index contributed by atoms with van der Waals surface area (Å²) < 4.78 is 7.56. The summed E-state index contributed by atoms with van der Waals surface area (Å²) in [7, 11) is 0. The summed E-state index contributed by atoms with van der Waals surface area (Å²) in [5.41, 5.74) is 9.64. The van der Waals surface area contributed by atoms with Crippen LogP contribution in [0.2, 0.25) is 0 Å². The minimum atomic E-state index is 1.18. The van der Waals surface area contributed by atoms with Gasteiger partial charge in [0.15, 0.2) is 0 Å². The van der Waals surface area contributed by atoms with Crippen LogP contribution in [0.25, 0.3) is 86.3 Å². The molecule has 45 heavy (non-hydrogen) atoms. The standard InChI is InChI=1S/C42H26N2S/c1-7-19-35-27(13-1)28-14-2-8-20-36(28)43(35)37-21-9-3-15-29(37)30-16-4-10-22-38(30)44-39-23-11-5-17-31(39)33-25-34-32-18-6-12-24-41(32)45-42(34)26-40(33)44/h1-26H. The summed E-state index contributed by atoms with van der Waals surface area (Å²) in [6.07, 6.45) is 0. The fraction of sp³-hybridized carbons (Fsp3) is 0. The van der Waals surface area contributed by atoms with Crippen molar-refractivity contribution in [1.82, 2.24) is 9.13 Å². The number of thiophene rings is 1. The van der Waals surface area contributed by atoms with Gasteiger partial charge in [-0.1, -0.05) is 109 Å². The Bertz CT molecular complexity index is 2720. The van der Waals surface area contributed by atoms with Crippen LogP contribution in [0.1, 0.15) is 0 Å². The van der Waals surface area contributed by atoms with Gasteiger partial charge in [0.25, 0.3) is 0 Å². The Morgan fingerprint density at radius 1 is 0.311 bits per heavy atom. The van der Waals surface area contributed by atoms with Gasteiger partial charge in [0.05, 0.1) is 33.4 Å². The molecule has 0 amide bonds. The molecule has 210 valence electrons. The lowest BCUT2D eigenvalue weighted by molar-refractivity contribution is 1.16. The van der Waals surface area contributed by atoms with E-state index in [1.165, 1.54) is 86.3 Å². The molecule has 0 fully saturated rings. The van der Waals surface area contributed by atoms with Gasteiger partial charge in [-0.15, -0.1) is 11.3 Å². The SMILES string of the molecule is c1ccc(-n2c3ccccc3c3ccccc32)c(-c2ccccc2-n2c3ccccc3c3cc4c(cc32)sc2ccccc24)c1. The average molecular weight is 591 g/mol. The van der Waals surface area contributed by atoms with Crippen LogP contribution in [0.4, 0.5) is 0 Å². The van der Waals surface area contributed by atoms with Crippen molar-refractivity contribution >= 4 is 75.1 Å². The van der Waals surface area contributed by atoms with E-state index in [9.17, 15) is 0 Å². The number of aromatic nitrogens is 2. The Morgan fingerprint density at radius 3 is 1.36 bits per heavy atom. The van der Waals surface area contributed by atoms with Crippen molar-refractivity contribution in [3.05, 3.63) is 158 Å². The normalized spacial score (nSPS) is 12.0. The highest BCUT2D eigenvalue weighted by Gasteiger charge is 2.20. The lowest BCUT2D eigenvalue weighted by Crippen LogP contribution is -2.01. The molecule has 0 aliphatic heterocycles. The predicted octanol–water partition coefficient (Wildman–Crippen LogP) is 11.9. The van der Waals surface area contributed by atoms with Crippen LogP contribution in [0.3, 0.4) is 0 Å². The van der Waals surface area contributed by atoms with Crippen LogP contribution in [0.15, 0.2) is 158 Å². The molecule has 3 heterocycles. The van der Waals surface area contributed by atoms with Crippen molar-refractivity contribution in [2.45, 2.75) is 0 Å². The monoisotopic (exact) mass is 590 g/mol. The summed E-state index contributed by atoms with van der Waals surface area (Å²) in [6.45, 7) is 0. The molecule has 2 nitrogen and oxygen atoms in total. The molecular formula is C42H26N2S. The molecule has 10 aromatic rings. The number of rotatable bonds is 3. The van der Waals surface area contributed by atoms with Crippen molar-refractivity contribution in [1.29, 1.82) is 0 Å². The van der Waals surface area contributed by atoms with Crippen molar-refractivity contribution < 1.29 is 0 Å². The quantitative estimate of drug-likeness (QED) is 0.194. The van der Waals surface area contributed by atoms with Crippen molar-refractivity contribution in [3.8, 4) is 22.5 Å². The van der Waals surface area contributed by atoms with Crippen LogP contribution in [0.5, 0.6) is 0 Å². The smallest absolute Gasteiger partial charge is 0.0555 e. The maximum absolute atomic E-state index is 2.48. The van der Waals surface area contributed by atoms with Crippen molar-refractivity contribution in [2.75, 3.05) is 0 Å². The Balaban J connectivity index is 1.29. The predicted molar refractivity (Wildman–Crippen MR) is 193 cm³/mol. The lowest BCUT2D eigenvalue weighted by Gasteiger charge is -2.18. The van der Waals surface area contributed by atoms with E-state index in [-0.39, 0.29) is 0 Å². The van der Waals surface area contributed by atoms with E-state index in [0.717, 1.165) is 0 Å². The van der Waals surface area contributed by atoms with Gasteiger partial charge in [-0.3, -0.25) is 0 Å². The zero-order valence-corrected chi connectivity index (χ0v) is 25.1. The van der Waals surface area contributed by atoms with Crippen molar-refractivity contribution in [2.24, 2.45) is 0 Å². The zero-order chi connectivity index (χ0) is 29.5. The molecule has 0 N–H and O–H groups in total. The first-order valence-corrected chi connectivity index (χ1v) is 16.2. The second kappa shape index (κ2) is 9.43. The minimum Gasteiger partial charge on any atom is -0.309 e. The van der Waals surface area contributed by atoms with E-state index in [1.54, 1.807) is 0 Å². The Morgan fingerprint density at radius 2 is 0.756 bits per heavy atom. The lowest BCUT2D eigenvalue weighted by atomic mass is 10.0. The van der Waals surface area contributed by atoms with E-state index >= 15 is 0 Å². The number of fused-ring (bicyclic) bond motifs is 9. The largest absolute Gasteiger partial charge is 0.309 e. The maximum atomic E-state index is 2.48. The highest BCUT2D eigenvalue weighted by Crippen LogP contribution is 2.43. The van der Waals surface area contributed by atoms with Gasteiger partial charge in [0, 0.05) is 52.8 Å². The number of benzene rings is 7. The molecule has 0 radical (unpaired) electrons. The second-order valence-corrected chi connectivity index (χ2v) is 12.8. The minimum absolute atomic E-state index is 1.18. The molecule has 0 bridgehead atoms. The van der Waals surface area contributed by atoms with Gasteiger partial charge < -0.3 is 9.13 Å². The molecule has 0 saturated carbocycles. The second-order valence-electron chi connectivity index (χ2n) is 11.7. The number of hydrogen-bond donors (Lipinski definition) is 0. The summed E-state index contributed by atoms with van der Waals surface area (Å²) in [6, 6.07) is 57.7. The van der Waals surface area contributed by atoms with E-state index in [0.29, 0.717) is 0 Å². The molecule has 0 atom stereocenters. The first kappa shape index (κ1) is 24.8. The van der Waals surface area contributed by atoms with Gasteiger partial charge in [-0.2, -0.15) is 0 Å². The van der Waals surface area contributed by atoms with Gasteiger partial charge in [-0.25, -0.2) is 0 Å². The maximum Gasteiger partial charge on any atom is 0.0555 e. The van der Waals surface area contributed by atoms with E-state index in [2.05, 4.69) is 167 Å². The third kappa shape index (κ3) is 3.50. The highest BCUT2D eigenvalue weighted by atomic mass is 32.1. The van der Waals surface area contributed by atoms with Crippen LogP contribution in [-0.2, 0) is 0 Å². The Hall–Kier alpha value is -5.64. The average Bonchev–Trinajstić information content (AvgIpc) is 3.74. The van der Waals surface area contributed by atoms with Gasteiger partial charge in [0.2, 0.25) is 0 Å². The zero-order valence-electron chi connectivity index (χ0n) is 24.3. The van der Waals surface area contributed by atoms with E-state index in [1.807, 2.05) is 11.3 Å². The van der Waals surface area contributed by atoms with Crippen LogP contribution in [0, 0.1) is 0 Å². The highest BCUT2D eigenvalue weighted by molar-refractivity contribution is 7.25. The third-order valence-electron chi connectivity index (χ3n) is 9.33. The number of hydrogen-bond acceptors (Lipinski definition) is 1. The topological polar surface area (TPSA) is 9.86 Å². The molecule has 7 aromatic carbocycles. The molecule has 3 aromatic heterocycles. The molecule has 0 aliphatic rings. The molecule has 10 rings (SSSR count). The van der Waals surface area contributed by atoms with Gasteiger partial charge >= 0.3 is 0 Å². The Labute approximate surface area is 263 Å². The number of para-hydroxylation sites is 5. The fourth-order valence-corrected chi connectivity index (χ4v) is 8.54. The van der Waals surface area contributed by atoms with Crippen LogP contribution >= 0.6 is 11.3 Å². The van der Waals surface area contributed by atoms with Gasteiger partial charge in [-0.05, 0) is 48.5 Å². The Kier molecular flexibility index (Phi) is 5.19. The van der Waals surface area contributed by atoms with Crippen LogP contribution < -0.4 is 0 Å². The first-order chi connectivity index (χ1) is 22.3. The summed E-state index contributed by atoms with van der Waals surface area (Å²) in [4.78, 5) is 0. The van der Waals surface area contributed by atoms with Gasteiger partial charge in [0.1, 0.15) is 0 Å². The molecule has 0 spiro atoms. The summed E-state index contributed by atoms with van der Waals surface area (Å²) >= 11 is 1.88. The molecule has 0 saturated heterocycles. The third-order valence-corrected chi connectivity index (χ3v) is 10.5. The molecule has 3 heteroatoms. The van der Waals surface area contributed by atoms with E-state index in [4.69, 9.17) is 0 Å².